The first-order valence-electron chi connectivity index (χ1n) is 5.95. The summed E-state index contributed by atoms with van der Waals surface area (Å²) < 4.78 is 5.36. The highest BCUT2D eigenvalue weighted by atomic mass is 16.6. The predicted molar refractivity (Wildman–Crippen MR) is 66.1 cm³/mol. The van der Waals surface area contributed by atoms with Gasteiger partial charge in [-0.2, -0.15) is 0 Å². The predicted octanol–water partition coefficient (Wildman–Crippen LogP) is 1.21. The van der Waals surface area contributed by atoms with E-state index in [2.05, 4.69) is 5.32 Å². The Morgan fingerprint density at radius 2 is 2.37 bits per heavy atom. The quantitative estimate of drug-likeness (QED) is 0.630. The lowest BCUT2D eigenvalue weighted by Crippen LogP contribution is -2.31. The molecule has 0 radical (unpaired) electrons. The van der Waals surface area contributed by atoms with E-state index in [1.807, 2.05) is 0 Å². The number of benzene rings is 1. The zero-order valence-corrected chi connectivity index (χ0v) is 10.2. The molecule has 7 heteroatoms. The van der Waals surface area contributed by atoms with Crippen molar-refractivity contribution in [3.8, 4) is 5.75 Å². The van der Waals surface area contributed by atoms with Crippen LogP contribution in [0.2, 0.25) is 0 Å². The number of rotatable bonds is 4. The van der Waals surface area contributed by atoms with E-state index in [1.165, 1.54) is 6.07 Å². The van der Waals surface area contributed by atoms with Crippen molar-refractivity contribution in [1.82, 2.24) is 5.32 Å². The van der Waals surface area contributed by atoms with Crippen LogP contribution in [0.1, 0.15) is 23.2 Å². The Morgan fingerprint density at radius 1 is 1.58 bits per heavy atom. The second-order valence-electron chi connectivity index (χ2n) is 4.31. The van der Waals surface area contributed by atoms with Crippen LogP contribution in [-0.2, 0) is 4.74 Å². The molecule has 0 saturated carbocycles. The zero-order valence-electron chi connectivity index (χ0n) is 10.2. The molecule has 1 fully saturated rings. The van der Waals surface area contributed by atoms with E-state index in [0.29, 0.717) is 13.2 Å². The van der Waals surface area contributed by atoms with E-state index in [0.717, 1.165) is 25.0 Å². The number of nitrogens with one attached hydrogen (secondary N) is 1. The number of ether oxygens (including phenoxy) is 1. The van der Waals surface area contributed by atoms with E-state index in [4.69, 9.17) is 4.74 Å². The van der Waals surface area contributed by atoms with Crippen molar-refractivity contribution in [3.05, 3.63) is 33.9 Å². The number of phenols is 1. The number of hydrogen-bond acceptors (Lipinski definition) is 5. The van der Waals surface area contributed by atoms with Crippen LogP contribution >= 0.6 is 0 Å². The number of hydrogen-bond donors (Lipinski definition) is 2. The summed E-state index contributed by atoms with van der Waals surface area (Å²) in [6.07, 6.45) is 1.89. The number of nitrogens with zero attached hydrogens (tertiary/aromatic N) is 1. The van der Waals surface area contributed by atoms with Gasteiger partial charge in [0.1, 0.15) is 0 Å². The van der Waals surface area contributed by atoms with Gasteiger partial charge < -0.3 is 15.2 Å². The van der Waals surface area contributed by atoms with E-state index < -0.39 is 22.3 Å². The molecule has 1 aliphatic heterocycles. The van der Waals surface area contributed by atoms with Crippen molar-refractivity contribution in [3.63, 3.8) is 0 Å². The fourth-order valence-electron chi connectivity index (χ4n) is 1.92. The fourth-order valence-corrected chi connectivity index (χ4v) is 1.92. The normalized spacial score (nSPS) is 18.2. The average Bonchev–Trinajstić information content (AvgIpc) is 2.89. The van der Waals surface area contributed by atoms with E-state index in [1.54, 1.807) is 0 Å². The molecule has 0 aromatic heterocycles. The van der Waals surface area contributed by atoms with Gasteiger partial charge in [-0.3, -0.25) is 14.9 Å². The summed E-state index contributed by atoms with van der Waals surface area (Å²) in [5.41, 5.74) is -0.340. The molecular weight excluding hydrogens is 252 g/mol. The second kappa shape index (κ2) is 5.66. The first-order valence-corrected chi connectivity index (χ1v) is 5.95. The molecule has 0 spiro atoms. The first kappa shape index (κ1) is 13.3. The van der Waals surface area contributed by atoms with Gasteiger partial charge in [-0.15, -0.1) is 0 Å². The number of nitro benzene ring substituents is 1. The Balaban J connectivity index is 2.02. The smallest absolute Gasteiger partial charge is 0.311 e. The van der Waals surface area contributed by atoms with Gasteiger partial charge in [-0.1, -0.05) is 0 Å². The van der Waals surface area contributed by atoms with Gasteiger partial charge in [0, 0.05) is 24.8 Å². The number of phenolic OH excluding ortho intramolecular Hbond substituents is 1. The van der Waals surface area contributed by atoms with Crippen LogP contribution in [0.4, 0.5) is 5.69 Å². The molecular formula is C12H14N2O5. The van der Waals surface area contributed by atoms with Crippen molar-refractivity contribution < 1.29 is 19.6 Å². The number of amides is 1. The van der Waals surface area contributed by atoms with Crippen molar-refractivity contribution in [1.29, 1.82) is 0 Å². The Morgan fingerprint density at radius 3 is 3.00 bits per heavy atom. The third kappa shape index (κ3) is 3.19. The maximum absolute atomic E-state index is 11.8. The van der Waals surface area contributed by atoms with Crippen LogP contribution in [0.25, 0.3) is 0 Å². The van der Waals surface area contributed by atoms with Crippen molar-refractivity contribution >= 4 is 11.6 Å². The van der Waals surface area contributed by atoms with Gasteiger partial charge in [0.2, 0.25) is 0 Å². The highest BCUT2D eigenvalue weighted by molar-refractivity contribution is 5.95. The summed E-state index contributed by atoms with van der Waals surface area (Å²) in [6, 6.07) is 3.53. The zero-order chi connectivity index (χ0) is 13.8. The van der Waals surface area contributed by atoms with Crippen LogP contribution in [0.15, 0.2) is 18.2 Å². The molecule has 2 N–H and O–H groups in total. The topological polar surface area (TPSA) is 102 Å². The molecule has 1 aliphatic rings. The fraction of sp³-hybridized carbons (Fsp3) is 0.417. The van der Waals surface area contributed by atoms with Crippen LogP contribution < -0.4 is 5.32 Å². The largest absolute Gasteiger partial charge is 0.502 e. The molecule has 7 nitrogen and oxygen atoms in total. The van der Waals surface area contributed by atoms with E-state index in [-0.39, 0.29) is 11.7 Å². The monoisotopic (exact) mass is 266 g/mol. The first-order chi connectivity index (χ1) is 9.08. The SMILES string of the molecule is O=C(NCC1CCCO1)c1ccc(O)c([N+](=O)[O-])c1. The molecule has 1 saturated heterocycles. The minimum Gasteiger partial charge on any atom is -0.502 e. The standard InChI is InChI=1S/C12H14N2O5/c15-11-4-3-8(6-10(11)14(17)18)12(16)13-7-9-2-1-5-19-9/h3-4,6,9,15H,1-2,5,7H2,(H,13,16). The maximum Gasteiger partial charge on any atom is 0.311 e. The summed E-state index contributed by atoms with van der Waals surface area (Å²) >= 11 is 0. The average molecular weight is 266 g/mol. The van der Waals surface area contributed by atoms with Gasteiger partial charge in [0.25, 0.3) is 5.91 Å². The third-order valence-corrected chi connectivity index (χ3v) is 2.95. The summed E-state index contributed by atoms with van der Waals surface area (Å²) in [7, 11) is 0. The lowest BCUT2D eigenvalue weighted by molar-refractivity contribution is -0.385. The molecule has 1 atom stereocenters. The van der Waals surface area contributed by atoms with Crippen molar-refractivity contribution in [2.24, 2.45) is 0 Å². The highest BCUT2D eigenvalue weighted by Gasteiger charge is 2.19. The van der Waals surface area contributed by atoms with E-state index in [9.17, 15) is 20.0 Å². The molecule has 1 heterocycles. The molecule has 2 rings (SSSR count). The number of carbonyl (C=O) groups excluding carboxylic acids is 1. The molecule has 102 valence electrons. The lowest BCUT2D eigenvalue weighted by atomic mass is 10.1. The Labute approximate surface area is 109 Å². The number of aromatic hydroxyl groups is 1. The van der Waals surface area contributed by atoms with Crippen LogP contribution in [0.3, 0.4) is 0 Å². The molecule has 1 unspecified atom stereocenters. The molecule has 1 aromatic rings. The minimum atomic E-state index is -0.730. The van der Waals surface area contributed by atoms with Crippen LogP contribution in [0, 0.1) is 10.1 Å². The molecule has 1 aromatic carbocycles. The van der Waals surface area contributed by atoms with Crippen LogP contribution in [-0.4, -0.2) is 35.2 Å². The van der Waals surface area contributed by atoms with Crippen molar-refractivity contribution in [2.75, 3.05) is 13.2 Å². The summed E-state index contributed by atoms with van der Waals surface area (Å²) in [5, 5.41) is 22.6. The Kier molecular flexibility index (Phi) is 3.96. The maximum atomic E-state index is 11.8. The van der Waals surface area contributed by atoms with Crippen molar-refractivity contribution in [2.45, 2.75) is 18.9 Å². The summed E-state index contributed by atoms with van der Waals surface area (Å²) in [6.45, 7) is 1.08. The Hall–Kier alpha value is -2.15. The molecule has 0 bridgehead atoms. The molecule has 1 amide bonds. The second-order valence-corrected chi connectivity index (χ2v) is 4.31. The molecule has 19 heavy (non-hydrogen) atoms. The van der Waals surface area contributed by atoms with Gasteiger partial charge in [-0.25, -0.2) is 0 Å². The van der Waals surface area contributed by atoms with Gasteiger partial charge in [0.15, 0.2) is 5.75 Å². The van der Waals surface area contributed by atoms with Gasteiger partial charge in [-0.05, 0) is 25.0 Å². The molecule has 0 aliphatic carbocycles. The van der Waals surface area contributed by atoms with E-state index >= 15 is 0 Å². The number of nitro groups is 1. The summed E-state index contributed by atoms with van der Waals surface area (Å²) in [4.78, 5) is 21.7. The Bertz CT molecular complexity index is 497. The van der Waals surface area contributed by atoms with Crippen LogP contribution in [0.5, 0.6) is 5.75 Å². The van der Waals surface area contributed by atoms with Gasteiger partial charge >= 0.3 is 5.69 Å². The highest BCUT2D eigenvalue weighted by Crippen LogP contribution is 2.26. The van der Waals surface area contributed by atoms with Gasteiger partial charge in [0.05, 0.1) is 11.0 Å². The third-order valence-electron chi connectivity index (χ3n) is 2.95. The summed E-state index contributed by atoms with van der Waals surface area (Å²) in [5.74, 6) is -0.876. The minimum absolute atomic E-state index is 0.0102. The lowest BCUT2D eigenvalue weighted by Gasteiger charge is -2.10. The number of carbonyl (C=O) groups is 1.